The number of Topliss-reactive ketones (excluding diaryl/α,β-unsaturated/α-hetero) is 1. The van der Waals surface area contributed by atoms with Gasteiger partial charge in [-0.25, -0.2) is 0 Å². The van der Waals surface area contributed by atoms with E-state index in [4.69, 9.17) is 5.73 Å². The zero-order chi connectivity index (χ0) is 13.4. The van der Waals surface area contributed by atoms with Crippen LogP contribution < -0.4 is 5.73 Å². The predicted octanol–water partition coefficient (Wildman–Crippen LogP) is 2.59. The Kier molecular flexibility index (Phi) is 6.58. The van der Waals surface area contributed by atoms with Gasteiger partial charge in [0, 0.05) is 25.2 Å². The number of ketones is 1. The summed E-state index contributed by atoms with van der Waals surface area (Å²) in [5, 5.41) is 0. The van der Waals surface area contributed by atoms with Crippen LogP contribution >= 0.6 is 0 Å². The van der Waals surface area contributed by atoms with Crippen molar-refractivity contribution >= 4 is 5.78 Å². The van der Waals surface area contributed by atoms with Gasteiger partial charge in [-0.05, 0) is 48.9 Å². The molecule has 0 aromatic carbocycles. The fourth-order valence-corrected chi connectivity index (χ4v) is 2.19. The van der Waals surface area contributed by atoms with Crippen LogP contribution in [0.15, 0.2) is 24.5 Å². The van der Waals surface area contributed by atoms with E-state index in [9.17, 15) is 4.79 Å². The van der Waals surface area contributed by atoms with E-state index in [0.717, 1.165) is 18.4 Å². The van der Waals surface area contributed by atoms with Crippen LogP contribution in [0, 0.1) is 11.8 Å². The van der Waals surface area contributed by atoms with Crippen molar-refractivity contribution in [1.82, 2.24) is 4.98 Å². The Labute approximate surface area is 110 Å². The lowest BCUT2D eigenvalue weighted by atomic mass is 9.87. The van der Waals surface area contributed by atoms with Crippen molar-refractivity contribution in [3.63, 3.8) is 0 Å². The van der Waals surface area contributed by atoms with Crippen molar-refractivity contribution in [3.05, 3.63) is 30.1 Å². The molecule has 0 aliphatic carbocycles. The zero-order valence-electron chi connectivity index (χ0n) is 11.4. The Bertz CT molecular complexity index is 349. The summed E-state index contributed by atoms with van der Waals surface area (Å²) in [6.07, 6.45) is 6.61. The molecule has 1 rings (SSSR count). The maximum Gasteiger partial charge on any atom is 0.137 e. The highest BCUT2D eigenvalue weighted by molar-refractivity contribution is 5.80. The highest BCUT2D eigenvalue weighted by atomic mass is 16.1. The summed E-state index contributed by atoms with van der Waals surface area (Å²) in [6, 6.07) is 3.80. The van der Waals surface area contributed by atoms with E-state index in [1.165, 1.54) is 0 Å². The Balaban J connectivity index is 2.36. The maximum atomic E-state index is 11.9. The van der Waals surface area contributed by atoms with Crippen LogP contribution in [-0.4, -0.2) is 17.3 Å². The van der Waals surface area contributed by atoms with E-state index in [0.29, 0.717) is 37.0 Å². The molecule has 1 aromatic rings. The average Bonchev–Trinajstić information content (AvgIpc) is 2.35. The van der Waals surface area contributed by atoms with Crippen LogP contribution in [0.4, 0.5) is 0 Å². The molecule has 3 nitrogen and oxygen atoms in total. The molecule has 0 saturated heterocycles. The number of pyridine rings is 1. The van der Waals surface area contributed by atoms with Crippen LogP contribution in [0.5, 0.6) is 0 Å². The largest absolute Gasteiger partial charge is 0.330 e. The number of carbonyl (C=O) groups is 1. The molecule has 0 aliphatic heterocycles. The van der Waals surface area contributed by atoms with Crippen molar-refractivity contribution < 1.29 is 4.79 Å². The summed E-state index contributed by atoms with van der Waals surface area (Å²) in [6.45, 7) is 5.11. The number of hydrogen-bond donors (Lipinski definition) is 1. The second-order valence-corrected chi connectivity index (χ2v) is 5.19. The third kappa shape index (κ3) is 5.41. The first-order valence-corrected chi connectivity index (χ1v) is 6.74. The van der Waals surface area contributed by atoms with E-state index in [1.807, 2.05) is 12.1 Å². The standard InChI is InChI=1S/C15H24N2O/c1-12(2)14(5-8-16)3-4-15(18)11-13-6-9-17-10-7-13/h6-7,9-10,12,14H,3-5,8,11,16H2,1-2H3. The van der Waals surface area contributed by atoms with Gasteiger partial charge in [0.05, 0.1) is 0 Å². The molecule has 0 bridgehead atoms. The van der Waals surface area contributed by atoms with Gasteiger partial charge in [0.1, 0.15) is 5.78 Å². The third-order valence-corrected chi connectivity index (χ3v) is 3.42. The van der Waals surface area contributed by atoms with Gasteiger partial charge in [-0.2, -0.15) is 0 Å². The molecule has 0 aliphatic rings. The van der Waals surface area contributed by atoms with Gasteiger partial charge in [0.15, 0.2) is 0 Å². The van der Waals surface area contributed by atoms with Crippen molar-refractivity contribution in [1.29, 1.82) is 0 Å². The topological polar surface area (TPSA) is 56.0 Å². The van der Waals surface area contributed by atoms with Crippen LogP contribution in [0.25, 0.3) is 0 Å². The van der Waals surface area contributed by atoms with Gasteiger partial charge >= 0.3 is 0 Å². The smallest absolute Gasteiger partial charge is 0.137 e. The molecule has 0 saturated carbocycles. The molecular formula is C15H24N2O. The maximum absolute atomic E-state index is 11.9. The molecule has 18 heavy (non-hydrogen) atoms. The Hall–Kier alpha value is -1.22. The minimum atomic E-state index is 0.309. The molecule has 1 heterocycles. The van der Waals surface area contributed by atoms with Crippen LogP contribution in [0.3, 0.4) is 0 Å². The summed E-state index contributed by atoms with van der Waals surface area (Å²) >= 11 is 0. The fraction of sp³-hybridized carbons (Fsp3) is 0.600. The van der Waals surface area contributed by atoms with Crippen LogP contribution in [-0.2, 0) is 11.2 Å². The summed E-state index contributed by atoms with van der Waals surface area (Å²) in [5.74, 6) is 1.47. The van der Waals surface area contributed by atoms with E-state index >= 15 is 0 Å². The van der Waals surface area contributed by atoms with Gasteiger partial charge in [-0.3, -0.25) is 9.78 Å². The van der Waals surface area contributed by atoms with Crippen LogP contribution in [0.2, 0.25) is 0 Å². The average molecular weight is 248 g/mol. The van der Waals surface area contributed by atoms with E-state index in [2.05, 4.69) is 18.8 Å². The number of nitrogens with two attached hydrogens (primary N) is 1. The zero-order valence-corrected chi connectivity index (χ0v) is 11.4. The Morgan fingerprint density at radius 1 is 1.28 bits per heavy atom. The number of nitrogens with zero attached hydrogens (tertiary/aromatic N) is 1. The van der Waals surface area contributed by atoms with Crippen molar-refractivity contribution in [3.8, 4) is 0 Å². The first kappa shape index (κ1) is 14.8. The molecule has 100 valence electrons. The molecule has 0 radical (unpaired) electrons. The molecular weight excluding hydrogens is 224 g/mol. The number of hydrogen-bond acceptors (Lipinski definition) is 3. The quantitative estimate of drug-likeness (QED) is 0.769. The lowest BCUT2D eigenvalue weighted by Gasteiger charge is -2.19. The van der Waals surface area contributed by atoms with Gasteiger partial charge in [0.2, 0.25) is 0 Å². The van der Waals surface area contributed by atoms with E-state index in [1.54, 1.807) is 12.4 Å². The summed E-state index contributed by atoms with van der Waals surface area (Å²) < 4.78 is 0. The Morgan fingerprint density at radius 2 is 1.94 bits per heavy atom. The molecule has 1 atom stereocenters. The number of carbonyl (C=O) groups excluding carboxylic acids is 1. The van der Waals surface area contributed by atoms with E-state index in [-0.39, 0.29) is 0 Å². The number of aromatic nitrogens is 1. The van der Waals surface area contributed by atoms with Gasteiger partial charge in [-0.15, -0.1) is 0 Å². The van der Waals surface area contributed by atoms with Crippen molar-refractivity contribution in [2.45, 2.75) is 39.5 Å². The molecule has 1 aromatic heterocycles. The summed E-state index contributed by atoms with van der Waals surface area (Å²) in [7, 11) is 0. The van der Waals surface area contributed by atoms with E-state index < -0.39 is 0 Å². The summed E-state index contributed by atoms with van der Waals surface area (Å²) in [5.41, 5.74) is 6.66. The van der Waals surface area contributed by atoms with Gasteiger partial charge in [0.25, 0.3) is 0 Å². The van der Waals surface area contributed by atoms with Crippen molar-refractivity contribution in [2.75, 3.05) is 6.54 Å². The second kappa shape index (κ2) is 7.98. The Morgan fingerprint density at radius 3 is 2.50 bits per heavy atom. The molecule has 1 unspecified atom stereocenters. The van der Waals surface area contributed by atoms with Crippen molar-refractivity contribution in [2.24, 2.45) is 17.6 Å². The lowest BCUT2D eigenvalue weighted by Crippen LogP contribution is -2.16. The molecule has 0 amide bonds. The summed E-state index contributed by atoms with van der Waals surface area (Å²) in [4.78, 5) is 15.8. The highest BCUT2D eigenvalue weighted by Gasteiger charge is 2.14. The predicted molar refractivity (Wildman–Crippen MR) is 74.2 cm³/mol. The lowest BCUT2D eigenvalue weighted by molar-refractivity contribution is -0.118. The molecule has 3 heteroatoms. The SMILES string of the molecule is CC(C)C(CCN)CCC(=O)Cc1ccncc1. The minimum absolute atomic E-state index is 0.309. The minimum Gasteiger partial charge on any atom is -0.330 e. The molecule has 2 N–H and O–H groups in total. The molecule has 0 spiro atoms. The first-order chi connectivity index (χ1) is 8.63. The normalized spacial score (nSPS) is 12.7. The van der Waals surface area contributed by atoms with Crippen LogP contribution in [0.1, 0.15) is 38.7 Å². The third-order valence-electron chi connectivity index (χ3n) is 3.42. The fourth-order valence-electron chi connectivity index (χ4n) is 2.19. The monoisotopic (exact) mass is 248 g/mol. The number of rotatable bonds is 8. The highest BCUT2D eigenvalue weighted by Crippen LogP contribution is 2.20. The second-order valence-electron chi connectivity index (χ2n) is 5.19. The van der Waals surface area contributed by atoms with Gasteiger partial charge in [-0.1, -0.05) is 13.8 Å². The molecule has 0 fully saturated rings. The first-order valence-electron chi connectivity index (χ1n) is 6.74. The van der Waals surface area contributed by atoms with Gasteiger partial charge < -0.3 is 5.73 Å².